The number of aliphatic hydroxyl groups excluding tert-OH is 1. The highest BCUT2D eigenvalue weighted by atomic mass is 16.6. The molecule has 0 amide bonds. The molecule has 0 aromatic rings. The predicted molar refractivity (Wildman–Crippen MR) is 65.9 cm³/mol. The van der Waals surface area contributed by atoms with Crippen molar-refractivity contribution in [2.45, 2.75) is 64.6 Å². The van der Waals surface area contributed by atoms with E-state index < -0.39 is 17.1 Å². The van der Waals surface area contributed by atoms with Gasteiger partial charge in [-0.15, -0.1) is 0 Å². The smallest absolute Gasteiger partial charge is 0.306 e. The van der Waals surface area contributed by atoms with Crippen molar-refractivity contribution >= 4 is 11.8 Å². The van der Waals surface area contributed by atoms with Crippen LogP contribution in [0.1, 0.15) is 52.9 Å². The maximum absolute atomic E-state index is 11.6. The van der Waals surface area contributed by atoms with E-state index in [1.165, 1.54) is 0 Å². The van der Waals surface area contributed by atoms with Crippen molar-refractivity contribution in [1.82, 2.24) is 0 Å². The molecule has 0 unspecified atom stereocenters. The fourth-order valence-corrected chi connectivity index (χ4v) is 3.83. The molecule has 1 aliphatic carbocycles. The Morgan fingerprint density at radius 3 is 2.67 bits per heavy atom. The second kappa shape index (κ2) is 4.34. The van der Waals surface area contributed by atoms with Gasteiger partial charge in [0.1, 0.15) is 11.4 Å². The van der Waals surface area contributed by atoms with E-state index in [-0.39, 0.29) is 17.7 Å². The lowest BCUT2D eigenvalue weighted by atomic mass is 9.55. The molecule has 0 bridgehead atoms. The molecule has 1 N–H and O–H groups in total. The van der Waals surface area contributed by atoms with Crippen LogP contribution in [0.15, 0.2) is 0 Å². The average Bonchev–Trinajstić information content (AvgIpc) is 2.66. The van der Waals surface area contributed by atoms with Crippen molar-refractivity contribution < 1.29 is 19.4 Å². The Morgan fingerprint density at radius 2 is 2.17 bits per heavy atom. The maximum Gasteiger partial charge on any atom is 0.306 e. The van der Waals surface area contributed by atoms with Crippen LogP contribution in [0, 0.1) is 11.3 Å². The van der Waals surface area contributed by atoms with Crippen LogP contribution < -0.4 is 0 Å². The lowest BCUT2D eigenvalue weighted by molar-refractivity contribution is -0.209. The van der Waals surface area contributed by atoms with Gasteiger partial charge in [0, 0.05) is 24.7 Å². The highest BCUT2D eigenvalue weighted by Gasteiger charge is 2.62. The van der Waals surface area contributed by atoms with Crippen LogP contribution in [0.3, 0.4) is 0 Å². The summed E-state index contributed by atoms with van der Waals surface area (Å²) < 4.78 is 5.55. The Hall–Kier alpha value is -0.900. The molecule has 1 saturated heterocycles. The van der Waals surface area contributed by atoms with Gasteiger partial charge in [-0.2, -0.15) is 0 Å². The standard InChI is InChI=1S/C14H22O4/c1-9-4-5-11(16)14(7-6-12(17)18-14)13(9,3)8-10(2)15/h9,11,16H,4-8H2,1-3H3/t9-,11-,13+,14-/m0/s1. The largest absolute Gasteiger partial charge is 0.456 e. The van der Waals surface area contributed by atoms with E-state index in [1.54, 1.807) is 6.92 Å². The molecule has 2 rings (SSSR count). The average molecular weight is 254 g/mol. The van der Waals surface area contributed by atoms with Crippen LogP contribution in [-0.2, 0) is 14.3 Å². The van der Waals surface area contributed by atoms with E-state index in [2.05, 4.69) is 6.92 Å². The molecule has 0 aromatic heterocycles. The van der Waals surface area contributed by atoms with Gasteiger partial charge in [0.05, 0.1) is 6.10 Å². The summed E-state index contributed by atoms with van der Waals surface area (Å²) in [6, 6.07) is 0. The normalized spacial score (nSPS) is 44.1. The first-order valence-electron chi connectivity index (χ1n) is 6.71. The van der Waals surface area contributed by atoms with Crippen LogP contribution in [0.25, 0.3) is 0 Å². The van der Waals surface area contributed by atoms with Gasteiger partial charge in [-0.3, -0.25) is 4.79 Å². The maximum atomic E-state index is 11.6. The van der Waals surface area contributed by atoms with Gasteiger partial charge in [0.2, 0.25) is 0 Å². The topological polar surface area (TPSA) is 63.6 Å². The minimum absolute atomic E-state index is 0.0840. The Kier molecular flexibility index (Phi) is 3.26. The SMILES string of the molecule is CC(=O)C[C@]1(C)[C@@H](C)CC[C@H](O)[C@@]12CCC(=O)O2. The zero-order chi connectivity index (χ0) is 13.6. The van der Waals surface area contributed by atoms with Crippen molar-refractivity contribution in [1.29, 1.82) is 0 Å². The Morgan fingerprint density at radius 1 is 1.50 bits per heavy atom. The van der Waals surface area contributed by atoms with Crippen molar-refractivity contribution in [2.75, 3.05) is 0 Å². The molecule has 18 heavy (non-hydrogen) atoms. The summed E-state index contributed by atoms with van der Waals surface area (Å²) >= 11 is 0. The van der Waals surface area contributed by atoms with E-state index in [9.17, 15) is 14.7 Å². The van der Waals surface area contributed by atoms with Crippen LogP contribution in [-0.4, -0.2) is 28.6 Å². The molecule has 0 radical (unpaired) electrons. The molecule has 4 nitrogen and oxygen atoms in total. The zero-order valence-electron chi connectivity index (χ0n) is 11.4. The highest BCUT2D eigenvalue weighted by molar-refractivity contribution is 5.77. The zero-order valence-corrected chi connectivity index (χ0v) is 11.4. The molecule has 1 spiro atoms. The third-order valence-corrected chi connectivity index (χ3v) is 5.08. The molecule has 2 aliphatic rings. The molecule has 102 valence electrons. The number of ketones is 1. The molecule has 1 heterocycles. The van der Waals surface area contributed by atoms with Crippen molar-refractivity contribution in [3.63, 3.8) is 0 Å². The fourth-order valence-electron chi connectivity index (χ4n) is 3.83. The van der Waals surface area contributed by atoms with Crippen molar-refractivity contribution in [3.05, 3.63) is 0 Å². The molecule has 4 atom stereocenters. The van der Waals surface area contributed by atoms with Crippen LogP contribution >= 0.6 is 0 Å². The monoisotopic (exact) mass is 254 g/mol. The van der Waals surface area contributed by atoms with Gasteiger partial charge in [-0.1, -0.05) is 13.8 Å². The third-order valence-electron chi connectivity index (χ3n) is 5.08. The third kappa shape index (κ3) is 1.78. The Balaban J connectivity index is 2.42. The second-order valence-corrected chi connectivity index (χ2v) is 6.15. The fraction of sp³-hybridized carbons (Fsp3) is 0.857. The summed E-state index contributed by atoms with van der Waals surface area (Å²) in [6.07, 6.45) is 2.09. The van der Waals surface area contributed by atoms with Crippen molar-refractivity contribution in [2.24, 2.45) is 11.3 Å². The number of hydrogen-bond donors (Lipinski definition) is 1. The van der Waals surface area contributed by atoms with Crippen LogP contribution in [0.2, 0.25) is 0 Å². The number of esters is 1. The highest BCUT2D eigenvalue weighted by Crippen LogP contribution is 2.56. The summed E-state index contributed by atoms with van der Waals surface area (Å²) in [5.74, 6) is 0.0920. The minimum atomic E-state index is -0.854. The molecule has 1 saturated carbocycles. The number of Topliss-reactive ketones (excluding diaryl/α,β-unsaturated/α-hetero) is 1. The molecule has 1 aliphatic heterocycles. The van der Waals surface area contributed by atoms with Gasteiger partial charge >= 0.3 is 5.97 Å². The first kappa shape index (κ1) is 13.5. The Bertz CT molecular complexity index is 378. The van der Waals surface area contributed by atoms with E-state index >= 15 is 0 Å². The van der Waals surface area contributed by atoms with E-state index in [4.69, 9.17) is 4.74 Å². The molecule has 4 heteroatoms. The van der Waals surface area contributed by atoms with Crippen LogP contribution in [0.4, 0.5) is 0 Å². The van der Waals surface area contributed by atoms with E-state index in [0.717, 1.165) is 6.42 Å². The van der Waals surface area contributed by atoms with Gasteiger partial charge in [0.25, 0.3) is 0 Å². The minimum Gasteiger partial charge on any atom is -0.456 e. The second-order valence-electron chi connectivity index (χ2n) is 6.15. The predicted octanol–water partition coefficient (Wildman–Crippen LogP) is 1.84. The summed E-state index contributed by atoms with van der Waals surface area (Å²) in [7, 11) is 0. The number of rotatable bonds is 2. The summed E-state index contributed by atoms with van der Waals surface area (Å²) in [5.41, 5.74) is -1.31. The molecular formula is C14H22O4. The van der Waals surface area contributed by atoms with Gasteiger partial charge in [0.15, 0.2) is 0 Å². The summed E-state index contributed by atoms with van der Waals surface area (Å²) in [4.78, 5) is 23.1. The number of aliphatic hydroxyl groups is 1. The van der Waals surface area contributed by atoms with E-state index in [1.807, 2.05) is 6.92 Å². The molecule has 2 fully saturated rings. The first-order valence-corrected chi connectivity index (χ1v) is 6.71. The van der Waals surface area contributed by atoms with Crippen LogP contribution in [0.5, 0.6) is 0 Å². The summed E-state index contributed by atoms with van der Waals surface area (Å²) in [5, 5.41) is 10.4. The van der Waals surface area contributed by atoms with Gasteiger partial charge in [-0.25, -0.2) is 0 Å². The summed E-state index contributed by atoms with van der Waals surface area (Å²) in [6.45, 7) is 5.63. The quantitative estimate of drug-likeness (QED) is 0.764. The Labute approximate surface area is 108 Å². The van der Waals surface area contributed by atoms with Gasteiger partial charge < -0.3 is 14.6 Å². The van der Waals surface area contributed by atoms with E-state index in [0.29, 0.717) is 25.7 Å². The molecule has 0 aromatic carbocycles. The lowest BCUT2D eigenvalue weighted by Crippen LogP contribution is -2.61. The number of carbonyl (C=O) groups is 2. The number of ether oxygens (including phenoxy) is 1. The lowest BCUT2D eigenvalue weighted by Gasteiger charge is -2.54. The number of hydrogen-bond acceptors (Lipinski definition) is 4. The van der Waals surface area contributed by atoms with Crippen molar-refractivity contribution in [3.8, 4) is 0 Å². The first-order chi connectivity index (χ1) is 8.32. The molecular weight excluding hydrogens is 232 g/mol. The van der Waals surface area contributed by atoms with Gasteiger partial charge in [-0.05, 0) is 25.7 Å². The number of carbonyl (C=O) groups excluding carboxylic acids is 2.